The Labute approximate surface area is 136 Å². The maximum Gasteiger partial charge on any atom is 0.233 e. The molecule has 2 fully saturated rings. The number of carbonyl (C=O) groups is 3. The minimum absolute atomic E-state index is 0.0802. The van der Waals surface area contributed by atoms with Crippen LogP contribution in [0, 0.1) is 18.8 Å². The average molecular weight is 314 g/mol. The summed E-state index contributed by atoms with van der Waals surface area (Å²) in [6.45, 7) is 2.11. The van der Waals surface area contributed by atoms with Gasteiger partial charge >= 0.3 is 0 Å². The Hall–Kier alpha value is -2.17. The van der Waals surface area contributed by atoms with Gasteiger partial charge in [-0.1, -0.05) is 31.0 Å². The molecule has 1 N–H and O–H groups in total. The summed E-state index contributed by atoms with van der Waals surface area (Å²) in [5.74, 6) is -0.618. The van der Waals surface area contributed by atoms with E-state index in [1.54, 1.807) is 0 Å². The van der Waals surface area contributed by atoms with Gasteiger partial charge in [0.25, 0.3) is 0 Å². The van der Waals surface area contributed by atoms with E-state index in [1.165, 1.54) is 4.90 Å². The highest BCUT2D eigenvalue weighted by molar-refractivity contribution is 6.05. The Morgan fingerprint density at radius 1 is 1.13 bits per heavy atom. The number of para-hydroxylation sites is 1. The Balaban J connectivity index is 1.58. The van der Waals surface area contributed by atoms with E-state index in [2.05, 4.69) is 5.32 Å². The highest BCUT2D eigenvalue weighted by Crippen LogP contribution is 2.37. The van der Waals surface area contributed by atoms with E-state index in [0.717, 1.165) is 36.9 Å². The van der Waals surface area contributed by atoms with Crippen molar-refractivity contribution >= 4 is 23.4 Å². The van der Waals surface area contributed by atoms with Gasteiger partial charge in [-0.15, -0.1) is 0 Å². The molecule has 5 nitrogen and oxygen atoms in total. The molecular weight excluding hydrogens is 292 g/mol. The number of anilines is 1. The van der Waals surface area contributed by atoms with Gasteiger partial charge in [0.1, 0.15) is 0 Å². The molecule has 2 atom stereocenters. The Kier molecular flexibility index (Phi) is 4.46. The zero-order chi connectivity index (χ0) is 16.4. The number of nitrogens with zero attached hydrogens (tertiary/aromatic N) is 1. The lowest BCUT2D eigenvalue weighted by atomic mass is 9.81. The van der Waals surface area contributed by atoms with E-state index in [1.807, 2.05) is 31.2 Å². The van der Waals surface area contributed by atoms with Crippen LogP contribution >= 0.6 is 0 Å². The number of hydrogen-bond acceptors (Lipinski definition) is 3. The van der Waals surface area contributed by atoms with Crippen molar-refractivity contribution in [2.24, 2.45) is 11.8 Å². The molecule has 3 amide bonds. The molecular formula is C18H22N2O3. The van der Waals surface area contributed by atoms with Gasteiger partial charge in [-0.3, -0.25) is 19.3 Å². The normalized spacial score (nSPS) is 23.8. The van der Waals surface area contributed by atoms with Crippen LogP contribution in [-0.4, -0.2) is 29.2 Å². The monoisotopic (exact) mass is 314 g/mol. The highest BCUT2D eigenvalue weighted by Gasteiger charge is 2.47. The first-order chi connectivity index (χ1) is 11.1. The number of benzene rings is 1. The fourth-order valence-corrected chi connectivity index (χ4v) is 3.59. The van der Waals surface area contributed by atoms with Gasteiger partial charge in [0.15, 0.2) is 0 Å². The van der Waals surface area contributed by atoms with Crippen LogP contribution in [0.15, 0.2) is 24.3 Å². The maximum absolute atomic E-state index is 12.3. The van der Waals surface area contributed by atoms with Gasteiger partial charge < -0.3 is 5.32 Å². The molecule has 23 heavy (non-hydrogen) atoms. The highest BCUT2D eigenvalue weighted by atomic mass is 16.2. The third kappa shape index (κ3) is 3.14. The van der Waals surface area contributed by atoms with Gasteiger partial charge in [-0.05, 0) is 31.4 Å². The number of imide groups is 1. The second-order valence-electron chi connectivity index (χ2n) is 6.44. The average Bonchev–Trinajstić information content (AvgIpc) is 2.80. The Morgan fingerprint density at radius 3 is 2.35 bits per heavy atom. The summed E-state index contributed by atoms with van der Waals surface area (Å²) in [6, 6.07) is 7.54. The number of aryl methyl sites for hydroxylation is 1. The smallest absolute Gasteiger partial charge is 0.233 e. The van der Waals surface area contributed by atoms with E-state index in [0.29, 0.717) is 0 Å². The molecule has 0 spiro atoms. The summed E-state index contributed by atoms with van der Waals surface area (Å²) in [6.07, 6.45) is 3.79. The third-order valence-corrected chi connectivity index (χ3v) is 4.91. The molecule has 5 heteroatoms. The molecule has 1 heterocycles. The molecule has 1 saturated carbocycles. The first kappa shape index (κ1) is 15.7. The molecule has 2 aliphatic rings. The van der Waals surface area contributed by atoms with E-state index in [9.17, 15) is 14.4 Å². The predicted octanol–water partition coefficient (Wildman–Crippen LogP) is 2.50. The molecule has 1 aliphatic heterocycles. The molecule has 1 aromatic carbocycles. The summed E-state index contributed by atoms with van der Waals surface area (Å²) in [4.78, 5) is 38.1. The number of rotatable bonds is 4. The van der Waals surface area contributed by atoms with E-state index in [4.69, 9.17) is 0 Å². The van der Waals surface area contributed by atoms with Crippen LogP contribution in [0.25, 0.3) is 0 Å². The number of hydrogen-bond donors (Lipinski definition) is 1. The number of fused-ring (bicyclic) bond motifs is 1. The molecule has 1 aromatic rings. The lowest BCUT2D eigenvalue weighted by Gasteiger charge is -2.19. The van der Waals surface area contributed by atoms with E-state index >= 15 is 0 Å². The van der Waals surface area contributed by atoms with Gasteiger partial charge in [-0.25, -0.2) is 0 Å². The fourth-order valence-electron chi connectivity index (χ4n) is 3.59. The van der Waals surface area contributed by atoms with Gasteiger partial charge in [0.05, 0.1) is 11.8 Å². The summed E-state index contributed by atoms with van der Waals surface area (Å²) in [5.41, 5.74) is 1.76. The summed E-state index contributed by atoms with van der Waals surface area (Å²) in [5, 5.41) is 2.84. The van der Waals surface area contributed by atoms with Crippen molar-refractivity contribution in [3.05, 3.63) is 29.8 Å². The van der Waals surface area contributed by atoms with Crippen molar-refractivity contribution in [1.29, 1.82) is 0 Å². The van der Waals surface area contributed by atoms with Crippen molar-refractivity contribution in [2.45, 2.75) is 39.0 Å². The zero-order valence-corrected chi connectivity index (χ0v) is 13.4. The lowest BCUT2D eigenvalue weighted by Crippen LogP contribution is -2.34. The standard InChI is InChI=1S/C18H22N2O3/c1-12-6-2-5-9-15(12)19-16(21)10-11-20-17(22)13-7-3-4-8-14(13)18(20)23/h2,5-6,9,13-14H,3-4,7-8,10-11H2,1H3,(H,19,21)/t13-,14+. The van der Waals surface area contributed by atoms with Crippen LogP contribution in [0.5, 0.6) is 0 Å². The van der Waals surface area contributed by atoms with Crippen LogP contribution in [-0.2, 0) is 14.4 Å². The Morgan fingerprint density at radius 2 is 1.74 bits per heavy atom. The molecule has 3 rings (SSSR count). The van der Waals surface area contributed by atoms with Crippen molar-refractivity contribution in [1.82, 2.24) is 4.90 Å². The quantitative estimate of drug-likeness (QED) is 0.868. The SMILES string of the molecule is Cc1ccccc1NC(=O)CCN1C(=O)[C@H]2CCCC[C@H]2C1=O. The van der Waals surface area contributed by atoms with Gasteiger partial charge in [-0.2, -0.15) is 0 Å². The van der Waals surface area contributed by atoms with Crippen LogP contribution in [0.4, 0.5) is 5.69 Å². The lowest BCUT2D eigenvalue weighted by molar-refractivity contribution is -0.140. The number of likely N-dealkylation sites (tertiary alicyclic amines) is 1. The van der Waals surface area contributed by atoms with Crippen LogP contribution in [0.1, 0.15) is 37.7 Å². The number of carbonyl (C=O) groups excluding carboxylic acids is 3. The molecule has 1 aliphatic carbocycles. The van der Waals surface area contributed by atoms with Crippen molar-refractivity contribution in [3.8, 4) is 0 Å². The van der Waals surface area contributed by atoms with Crippen molar-refractivity contribution in [3.63, 3.8) is 0 Å². The number of amides is 3. The molecule has 1 saturated heterocycles. The van der Waals surface area contributed by atoms with E-state index in [-0.39, 0.29) is 42.5 Å². The van der Waals surface area contributed by atoms with Crippen LogP contribution in [0.2, 0.25) is 0 Å². The largest absolute Gasteiger partial charge is 0.326 e. The molecule has 0 aromatic heterocycles. The molecule has 0 unspecified atom stereocenters. The first-order valence-corrected chi connectivity index (χ1v) is 8.28. The number of nitrogens with one attached hydrogen (secondary N) is 1. The first-order valence-electron chi connectivity index (χ1n) is 8.28. The topological polar surface area (TPSA) is 66.5 Å². The molecule has 0 bridgehead atoms. The van der Waals surface area contributed by atoms with Crippen molar-refractivity contribution in [2.75, 3.05) is 11.9 Å². The second-order valence-corrected chi connectivity index (χ2v) is 6.44. The zero-order valence-electron chi connectivity index (χ0n) is 13.4. The minimum Gasteiger partial charge on any atom is -0.326 e. The predicted molar refractivity (Wildman–Crippen MR) is 86.6 cm³/mol. The van der Waals surface area contributed by atoms with E-state index < -0.39 is 0 Å². The third-order valence-electron chi connectivity index (χ3n) is 4.91. The minimum atomic E-state index is -0.172. The van der Waals surface area contributed by atoms with Gasteiger partial charge in [0, 0.05) is 18.7 Å². The maximum atomic E-state index is 12.3. The Bertz CT molecular complexity index is 617. The van der Waals surface area contributed by atoms with Crippen LogP contribution < -0.4 is 5.32 Å². The molecule has 122 valence electrons. The van der Waals surface area contributed by atoms with Crippen molar-refractivity contribution < 1.29 is 14.4 Å². The molecule has 0 radical (unpaired) electrons. The summed E-state index contributed by atoms with van der Waals surface area (Å²) in [7, 11) is 0. The summed E-state index contributed by atoms with van der Waals surface area (Å²) < 4.78 is 0. The second kappa shape index (κ2) is 6.52. The fraction of sp³-hybridized carbons (Fsp3) is 0.500. The van der Waals surface area contributed by atoms with Gasteiger partial charge in [0.2, 0.25) is 17.7 Å². The summed E-state index contributed by atoms with van der Waals surface area (Å²) >= 11 is 0. The van der Waals surface area contributed by atoms with Crippen LogP contribution in [0.3, 0.4) is 0 Å².